The van der Waals surface area contributed by atoms with Gasteiger partial charge in [0.1, 0.15) is 0 Å². The van der Waals surface area contributed by atoms with Gasteiger partial charge in [-0.3, -0.25) is 14.4 Å². The van der Waals surface area contributed by atoms with Crippen molar-refractivity contribution in [3.05, 3.63) is 89.0 Å². The third-order valence-electron chi connectivity index (χ3n) is 5.87. The van der Waals surface area contributed by atoms with Crippen LogP contribution in [0.25, 0.3) is 0 Å². The summed E-state index contributed by atoms with van der Waals surface area (Å²) in [5.74, 6) is -1.02. The number of hydrogen-bond donors (Lipinski definition) is 2. The van der Waals surface area contributed by atoms with Crippen LogP contribution in [0.5, 0.6) is 0 Å². The Kier molecular flexibility index (Phi) is 6.27. The number of benzene rings is 3. The van der Waals surface area contributed by atoms with E-state index in [0.717, 1.165) is 22.4 Å². The second-order valence-corrected chi connectivity index (χ2v) is 8.58. The number of nitrogens with zero attached hydrogens (tertiary/aromatic N) is 1. The number of rotatable bonds is 5. The first-order valence-electron chi connectivity index (χ1n) is 11.0. The minimum Gasteiger partial charge on any atom is -0.326 e. The van der Waals surface area contributed by atoms with Gasteiger partial charge in [-0.2, -0.15) is 0 Å². The van der Waals surface area contributed by atoms with Crippen LogP contribution < -0.4 is 15.5 Å². The summed E-state index contributed by atoms with van der Waals surface area (Å²) in [4.78, 5) is 39.8. The minimum atomic E-state index is -0.455. The van der Waals surface area contributed by atoms with Crippen LogP contribution in [0.4, 0.5) is 17.1 Å². The van der Waals surface area contributed by atoms with E-state index in [2.05, 4.69) is 10.6 Å². The Bertz CT molecular complexity index is 1220. The van der Waals surface area contributed by atoms with Crippen LogP contribution in [-0.2, 0) is 9.59 Å². The molecule has 1 aliphatic rings. The molecule has 1 atom stereocenters. The van der Waals surface area contributed by atoms with Crippen LogP contribution >= 0.6 is 0 Å². The van der Waals surface area contributed by atoms with Gasteiger partial charge in [-0.25, -0.2) is 0 Å². The van der Waals surface area contributed by atoms with Gasteiger partial charge in [-0.05, 0) is 62.7 Å². The predicted octanol–water partition coefficient (Wildman–Crippen LogP) is 4.86. The molecule has 33 heavy (non-hydrogen) atoms. The standard InChI is InChI=1S/C27H27N3O3/c1-17-7-10-22(11-8-17)28-26(32)20-5-4-6-23(14-20)30-16-21(15-25(30)31)27(33)29-24-12-9-18(2)13-19(24)3/h4-14,21H,15-16H2,1-3H3,(H,28,32)(H,29,33)/t21-/m1/s1. The van der Waals surface area contributed by atoms with E-state index in [1.165, 1.54) is 0 Å². The van der Waals surface area contributed by atoms with E-state index in [1.807, 2.05) is 63.2 Å². The van der Waals surface area contributed by atoms with Crippen molar-refractivity contribution in [3.8, 4) is 0 Å². The van der Waals surface area contributed by atoms with Crippen LogP contribution in [0, 0.1) is 26.7 Å². The highest BCUT2D eigenvalue weighted by Gasteiger charge is 2.35. The highest BCUT2D eigenvalue weighted by Crippen LogP contribution is 2.27. The minimum absolute atomic E-state index is 0.133. The van der Waals surface area contributed by atoms with Crippen LogP contribution in [0.2, 0.25) is 0 Å². The van der Waals surface area contributed by atoms with Crippen LogP contribution in [0.3, 0.4) is 0 Å². The fourth-order valence-corrected chi connectivity index (χ4v) is 3.98. The Morgan fingerprint density at radius 3 is 2.33 bits per heavy atom. The summed E-state index contributed by atoms with van der Waals surface area (Å²) in [6.45, 7) is 6.21. The van der Waals surface area contributed by atoms with Crippen molar-refractivity contribution in [2.75, 3.05) is 22.1 Å². The number of anilines is 3. The van der Waals surface area contributed by atoms with Gasteiger partial charge in [-0.1, -0.05) is 41.5 Å². The Labute approximate surface area is 193 Å². The number of aryl methyl sites for hydroxylation is 3. The molecule has 0 saturated carbocycles. The lowest BCUT2D eigenvalue weighted by Gasteiger charge is -2.18. The number of hydrogen-bond acceptors (Lipinski definition) is 3. The molecule has 6 nitrogen and oxygen atoms in total. The summed E-state index contributed by atoms with van der Waals surface area (Å²) >= 11 is 0. The second kappa shape index (κ2) is 9.28. The summed E-state index contributed by atoms with van der Waals surface area (Å²) < 4.78 is 0. The molecule has 1 saturated heterocycles. The molecule has 3 amide bonds. The summed E-state index contributed by atoms with van der Waals surface area (Å²) in [7, 11) is 0. The van der Waals surface area contributed by atoms with Crippen molar-refractivity contribution in [2.45, 2.75) is 27.2 Å². The molecule has 4 rings (SSSR count). The van der Waals surface area contributed by atoms with Crippen molar-refractivity contribution in [1.29, 1.82) is 0 Å². The lowest BCUT2D eigenvalue weighted by molar-refractivity contribution is -0.122. The monoisotopic (exact) mass is 441 g/mol. The lowest BCUT2D eigenvalue weighted by Crippen LogP contribution is -2.28. The molecule has 2 N–H and O–H groups in total. The first-order chi connectivity index (χ1) is 15.8. The molecule has 0 radical (unpaired) electrons. The maximum absolute atomic E-state index is 12.8. The van der Waals surface area contributed by atoms with Crippen molar-refractivity contribution >= 4 is 34.8 Å². The normalized spacial score (nSPS) is 15.4. The third-order valence-corrected chi connectivity index (χ3v) is 5.87. The van der Waals surface area contributed by atoms with Gasteiger partial charge in [0, 0.05) is 35.6 Å². The molecule has 0 aromatic heterocycles. The summed E-state index contributed by atoms with van der Waals surface area (Å²) in [6, 6.07) is 20.3. The van der Waals surface area contributed by atoms with Crippen molar-refractivity contribution in [1.82, 2.24) is 0 Å². The molecule has 168 valence electrons. The molecule has 0 spiro atoms. The van der Waals surface area contributed by atoms with Crippen LogP contribution in [0.15, 0.2) is 66.7 Å². The maximum Gasteiger partial charge on any atom is 0.255 e. The van der Waals surface area contributed by atoms with E-state index in [9.17, 15) is 14.4 Å². The second-order valence-electron chi connectivity index (χ2n) is 8.58. The topological polar surface area (TPSA) is 78.5 Å². The summed E-state index contributed by atoms with van der Waals surface area (Å²) in [5.41, 5.74) is 5.74. The molecule has 6 heteroatoms. The first-order valence-corrected chi connectivity index (χ1v) is 11.0. The van der Waals surface area contributed by atoms with Crippen molar-refractivity contribution in [3.63, 3.8) is 0 Å². The quantitative estimate of drug-likeness (QED) is 0.594. The van der Waals surface area contributed by atoms with Gasteiger partial charge in [-0.15, -0.1) is 0 Å². The SMILES string of the molecule is Cc1ccc(NC(=O)c2cccc(N3C[C@H](C(=O)Nc4ccc(C)cc4C)CC3=O)c2)cc1. The predicted molar refractivity (Wildman–Crippen MR) is 131 cm³/mol. The molecule has 0 bridgehead atoms. The fraction of sp³-hybridized carbons (Fsp3) is 0.222. The Morgan fingerprint density at radius 1 is 0.879 bits per heavy atom. The molecule has 3 aromatic carbocycles. The molecule has 3 aromatic rings. The zero-order valence-electron chi connectivity index (χ0n) is 19.0. The Balaban J connectivity index is 1.44. The highest BCUT2D eigenvalue weighted by atomic mass is 16.2. The van der Waals surface area contributed by atoms with Crippen LogP contribution in [0.1, 0.15) is 33.5 Å². The summed E-state index contributed by atoms with van der Waals surface area (Å²) in [5, 5.41) is 5.82. The largest absolute Gasteiger partial charge is 0.326 e. The van der Waals surface area contributed by atoms with Gasteiger partial charge < -0.3 is 15.5 Å². The van der Waals surface area contributed by atoms with E-state index in [1.54, 1.807) is 29.2 Å². The Hall–Kier alpha value is -3.93. The van der Waals surface area contributed by atoms with Gasteiger partial charge in [0.2, 0.25) is 11.8 Å². The number of carbonyl (C=O) groups is 3. The van der Waals surface area contributed by atoms with Gasteiger partial charge in [0.15, 0.2) is 0 Å². The van der Waals surface area contributed by atoms with Gasteiger partial charge in [0.05, 0.1) is 5.92 Å². The highest BCUT2D eigenvalue weighted by molar-refractivity contribution is 6.07. The number of nitrogens with one attached hydrogen (secondary N) is 2. The third kappa shape index (κ3) is 5.12. The fourth-order valence-electron chi connectivity index (χ4n) is 3.98. The molecular formula is C27H27N3O3. The zero-order valence-corrected chi connectivity index (χ0v) is 19.0. The number of carbonyl (C=O) groups excluding carboxylic acids is 3. The molecule has 1 aliphatic heterocycles. The van der Waals surface area contributed by atoms with E-state index < -0.39 is 5.92 Å². The van der Waals surface area contributed by atoms with Crippen molar-refractivity contribution < 1.29 is 14.4 Å². The van der Waals surface area contributed by atoms with Gasteiger partial charge in [0.25, 0.3) is 5.91 Å². The average Bonchev–Trinajstić information content (AvgIpc) is 3.19. The molecule has 0 aliphatic carbocycles. The molecule has 1 fully saturated rings. The first kappa shape index (κ1) is 22.3. The maximum atomic E-state index is 12.8. The lowest BCUT2D eigenvalue weighted by atomic mass is 10.1. The van der Waals surface area contributed by atoms with Gasteiger partial charge >= 0.3 is 0 Å². The average molecular weight is 442 g/mol. The number of amides is 3. The van der Waals surface area contributed by atoms with E-state index in [4.69, 9.17) is 0 Å². The van der Waals surface area contributed by atoms with E-state index in [0.29, 0.717) is 16.9 Å². The van der Waals surface area contributed by atoms with E-state index >= 15 is 0 Å². The molecular weight excluding hydrogens is 414 g/mol. The molecule has 0 unspecified atom stereocenters. The van der Waals surface area contributed by atoms with Crippen LogP contribution in [-0.4, -0.2) is 24.3 Å². The summed E-state index contributed by atoms with van der Waals surface area (Å²) in [6.07, 6.45) is 0.135. The zero-order chi connectivity index (χ0) is 23.5. The van der Waals surface area contributed by atoms with Crippen molar-refractivity contribution in [2.24, 2.45) is 5.92 Å². The smallest absolute Gasteiger partial charge is 0.255 e. The van der Waals surface area contributed by atoms with E-state index in [-0.39, 0.29) is 30.7 Å². The molecule has 1 heterocycles. The Morgan fingerprint density at radius 2 is 1.61 bits per heavy atom.